The third-order valence-corrected chi connectivity index (χ3v) is 5.07. The van der Waals surface area contributed by atoms with Crippen molar-refractivity contribution in [2.45, 2.75) is 25.9 Å². The van der Waals surface area contributed by atoms with Crippen LogP contribution in [0.4, 0.5) is 0 Å². The van der Waals surface area contributed by atoms with Gasteiger partial charge in [0.25, 0.3) is 5.56 Å². The molecule has 2 aromatic carbocycles. The third-order valence-electron chi connectivity index (χ3n) is 4.82. The highest BCUT2D eigenvalue weighted by Gasteiger charge is 2.14. The first kappa shape index (κ1) is 19.3. The molecular formula is C23H21ClN4O. The average Bonchev–Trinajstić information content (AvgIpc) is 2.71. The summed E-state index contributed by atoms with van der Waals surface area (Å²) in [7, 11) is 0. The zero-order valence-corrected chi connectivity index (χ0v) is 16.8. The first-order chi connectivity index (χ1) is 14.1. The Kier molecular flexibility index (Phi) is 5.69. The van der Waals surface area contributed by atoms with Gasteiger partial charge in [-0.05, 0) is 48.4 Å². The van der Waals surface area contributed by atoms with E-state index in [0.29, 0.717) is 23.8 Å². The van der Waals surface area contributed by atoms with Crippen molar-refractivity contribution < 1.29 is 0 Å². The van der Waals surface area contributed by atoms with Gasteiger partial charge in [0.1, 0.15) is 5.82 Å². The quantitative estimate of drug-likeness (QED) is 0.501. The standard InChI is InChI=1S/C23H21ClN4O/c1-15-27-20(13-23(29)28-15)12-22(17-5-7-19(24)8-6-17)26-14-16-4-9-21-18(11-16)3-2-10-25-21/h2-11,13,22,26H,12,14H2,1H3,(H,27,28,29)/t22-/m1/s1. The lowest BCUT2D eigenvalue weighted by Gasteiger charge is -2.19. The average molecular weight is 405 g/mol. The second-order valence-electron chi connectivity index (χ2n) is 7.04. The molecule has 2 heterocycles. The van der Waals surface area contributed by atoms with Gasteiger partial charge in [-0.2, -0.15) is 0 Å². The summed E-state index contributed by atoms with van der Waals surface area (Å²) in [6, 6.07) is 19.6. The maximum Gasteiger partial charge on any atom is 0.251 e. The van der Waals surface area contributed by atoms with Crippen LogP contribution in [0.5, 0.6) is 0 Å². The molecule has 0 saturated carbocycles. The first-order valence-corrected chi connectivity index (χ1v) is 9.84. The van der Waals surface area contributed by atoms with Crippen LogP contribution in [0.2, 0.25) is 5.02 Å². The highest BCUT2D eigenvalue weighted by Crippen LogP contribution is 2.21. The monoisotopic (exact) mass is 404 g/mol. The van der Waals surface area contributed by atoms with E-state index in [2.05, 4.69) is 38.5 Å². The Morgan fingerprint density at radius 3 is 2.72 bits per heavy atom. The number of nitrogens with one attached hydrogen (secondary N) is 2. The van der Waals surface area contributed by atoms with E-state index in [0.717, 1.165) is 22.2 Å². The fraction of sp³-hybridized carbons (Fsp3) is 0.174. The molecule has 0 aliphatic heterocycles. The molecular weight excluding hydrogens is 384 g/mol. The number of hydrogen-bond donors (Lipinski definition) is 2. The van der Waals surface area contributed by atoms with Gasteiger partial charge in [-0.1, -0.05) is 35.9 Å². The van der Waals surface area contributed by atoms with Crippen molar-refractivity contribution in [2.24, 2.45) is 0 Å². The largest absolute Gasteiger partial charge is 0.311 e. The Morgan fingerprint density at radius 1 is 1.10 bits per heavy atom. The van der Waals surface area contributed by atoms with Crippen LogP contribution < -0.4 is 10.9 Å². The zero-order chi connectivity index (χ0) is 20.2. The summed E-state index contributed by atoms with van der Waals surface area (Å²) < 4.78 is 0. The summed E-state index contributed by atoms with van der Waals surface area (Å²) in [5.74, 6) is 0.615. The summed E-state index contributed by atoms with van der Waals surface area (Å²) >= 11 is 6.06. The molecule has 0 unspecified atom stereocenters. The summed E-state index contributed by atoms with van der Waals surface area (Å²) in [6.07, 6.45) is 2.40. The number of hydrogen-bond acceptors (Lipinski definition) is 4. The minimum atomic E-state index is -0.135. The maximum atomic E-state index is 11.8. The highest BCUT2D eigenvalue weighted by atomic mass is 35.5. The number of nitrogens with zero attached hydrogens (tertiary/aromatic N) is 2. The minimum Gasteiger partial charge on any atom is -0.311 e. The molecule has 0 spiro atoms. The van der Waals surface area contributed by atoms with Crippen molar-refractivity contribution in [1.82, 2.24) is 20.3 Å². The Hall–Kier alpha value is -3.02. The molecule has 4 aromatic rings. The number of pyridine rings is 1. The van der Waals surface area contributed by atoms with Crippen LogP contribution in [0.15, 0.2) is 71.7 Å². The second-order valence-corrected chi connectivity index (χ2v) is 7.48. The molecule has 0 aliphatic rings. The molecule has 0 fully saturated rings. The predicted molar refractivity (Wildman–Crippen MR) is 116 cm³/mol. The lowest BCUT2D eigenvalue weighted by atomic mass is 10.0. The van der Waals surface area contributed by atoms with E-state index in [1.165, 1.54) is 5.56 Å². The molecule has 6 heteroatoms. The van der Waals surface area contributed by atoms with E-state index in [1.54, 1.807) is 19.2 Å². The van der Waals surface area contributed by atoms with Gasteiger partial charge in [0, 0.05) is 47.4 Å². The number of aryl methyl sites for hydroxylation is 1. The van der Waals surface area contributed by atoms with Gasteiger partial charge in [-0.3, -0.25) is 9.78 Å². The van der Waals surface area contributed by atoms with Crippen LogP contribution in [-0.4, -0.2) is 15.0 Å². The van der Waals surface area contributed by atoms with E-state index in [4.69, 9.17) is 11.6 Å². The van der Waals surface area contributed by atoms with Crippen molar-refractivity contribution in [3.63, 3.8) is 0 Å². The lowest BCUT2D eigenvalue weighted by Crippen LogP contribution is -2.24. The molecule has 0 amide bonds. The number of fused-ring (bicyclic) bond motifs is 1. The molecule has 4 rings (SSSR count). The molecule has 2 aromatic heterocycles. The fourth-order valence-electron chi connectivity index (χ4n) is 3.43. The van der Waals surface area contributed by atoms with Gasteiger partial charge in [0.15, 0.2) is 0 Å². The molecule has 5 nitrogen and oxygen atoms in total. The second kappa shape index (κ2) is 8.55. The maximum absolute atomic E-state index is 11.8. The van der Waals surface area contributed by atoms with Gasteiger partial charge in [-0.25, -0.2) is 4.98 Å². The first-order valence-electron chi connectivity index (χ1n) is 9.46. The highest BCUT2D eigenvalue weighted by molar-refractivity contribution is 6.30. The molecule has 0 aliphatic carbocycles. The van der Waals surface area contributed by atoms with Crippen LogP contribution in [0.25, 0.3) is 10.9 Å². The normalized spacial score (nSPS) is 12.2. The lowest BCUT2D eigenvalue weighted by molar-refractivity contribution is 0.524. The van der Waals surface area contributed by atoms with Gasteiger partial charge in [-0.15, -0.1) is 0 Å². The van der Waals surface area contributed by atoms with Crippen LogP contribution in [-0.2, 0) is 13.0 Å². The third kappa shape index (κ3) is 4.88. The van der Waals surface area contributed by atoms with Crippen molar-refractivity contribution in [2.75, 3.05) is 0 Å². The number of rotatable bonds is 6. The molecule has 1 atom stereocenters. The van der Waals surface area contributed by atoms with E-state index < -0.39 is 0 Å². The summed E-state index contributed by atoms with van der Waals surface area (Å²) in [5.41, 5.74) is 3.86. The number of halogens is 1. The predicted octanol–water partition coefficient (Wildman–Crippen LogP) is 4.35. The summed E-state index contributed by atoms with van der Waals surface area (Å²) in [4.78, 5) is 23.4. The van der Waals surface area contributed by atoms with E-state index in [1.807, 2.05) is 36.4 Å². The van der Waals surface area contributed by atoms with Crippen molar-refractivity contribution >= 4 is 22.5 Å². The summed E-state index contributed by atoms with van der Waals surface area (Å²) in [6.45, 7) is 2.47. The van der Waals surface area contributed by atoms with Gasteiger partial charge in [0.05, 0.1) is 5.52 Å². The van der Waals surface area contributed by atoms with E-state index in [9.17, 15) is 4.79 Å². The van der Waals surface area contributed by atoms with Crippen molar-refractivity contribution in [3.8, 4) is 0 Å². The smallest absolute Gasteiger partial charge is 0.251 e. The molecule has 0 saturated heterocycles. The Balaban J connectivity index is 1.58. The Morgan fingerprint density at radius 2 is 1.93 bits per heavy atom. The van der Waals surface area contributed by atoms with Gasteiger partial charge < -0.3 is 10.3 Å². The zero-order valence-electron chi connectivity index (χ0n) is 16.0. The Labute approximate surface area is 173 Å². The van der Waals surface area contributed by atoms with Crippen molar-refractivity contribution in [3.05, 3.63) is 105 Å². The molecule has 29 heavy (non-hydrogen) atoms. The van der Waals surface area contributed by atoms with Gasteiger partial charge in [0.2, 0.25) is 0 Å². The SMILES string of the molecule is Cc1nc(C[C@@H](NCc2ccc3ncccc3c2)c2ccc(Cl)cc2)cc(=O)[nH]1. The number of benzene rings is 2. The molecule has 0 radical (unpaired) electrons. The Bertz CT molecular complexity index is 1190. The van der Waals surface area contributed by atoms with Crippen LogP contribution in [0.3, 0.4) is 0 Å². The van der Waals surface area contributed by atoms with E-state index >= 15 is 0 Å². The number of aromatic amines is 1. The van der Waals surface area contributed by atoms with E-state index in [-0.39, 0.29) is 11.6 Å². The molecule has 2 N–H and O–H groups in total. The number of aromatic nitrogens is 3. The molecule has 0 bridgehead atoms. The van der Waals surface area contributed by atoms with Crippen LogP contribution in [0, 0.1) is 6.92 Å². The van der Waals surface area contributed by atoms with Crippen LogP contribution in [0.1, 0.15) is 28.7 Å². The summed E-state index contributed by atoms with van der Waals surface area (Å²) in [5, 5.41) is 5.41. The fourth-order valence-corrected chi connectivity index (χ4v) is 3.56. The van der Waals surface area contributed by atoms with Gasteiger partial charge >= 0.3 is 0 Å². The van der Waals surface area contributed by atoms with Crippen molar-refractivity contribution in [1.29, 1.82) is 0 Å². The number of H-pyrrole nitrogens is 1. The minimum absolute atomic E-state index is 0.00874. The van der Waals surface area contributed by atoms with Crippen LogP contribution >= 0.6 is 11.6 Å². The molecule has 146 valence electrons. The topological polar surface area (TPSA) is 70.7 Å².